The molecule has 0 fully saturated rings. The van der Waals surface area contributed by atoms with E-state index in [2.05, 4.69) is 101 Å². The highest BCUT2D eigenvalue weighted by Crippen LogP contribution is 1.99. The second kappa shape index (κ2) is 76.6. The number of rotatable bonds is 30. The molecule has 0 aromatic rings. The van der Waals surface area contributed by atoms with Crippen LogP contribution in [0.1, 0.15) is 198 Å². The molecule has 0 heterocycles. The van der Waals surface area contributed by atoms with Crippen molar-refractivity contribution in [1.82, 2.24) is 31.9 Å². The molecule has 0 aromatic carbocycles. The van der Waals surface area contributed by atoms with E-state index in [0.29, 0.717) is 0 Å². The number of nitrogens with one attached hydrogen (secondary N) is 6. The van der Waals surface area contributed by atoms with Crippen molar-refractivity contribution in [2.45, 2.75) is 198 Å². The smallest absolute Gasteiger partial charge is 0.00489 e. The van der Waals surface area contributed by atoms with Crippen LogP contribution in [0.15, 0.2) is 0 Å². The van der Waals surface area contributed by atoms with Crippen LogP contribution in [-0.2, 0) is 0 Å². The van der Waals surface area contributed by atoms with E-state index >= 15 is 0 Å². The van der Waals surface area contributed by atoms with E-state index < -0.39 is 0 Å². The number of hydrogen-bond acceptors (Lipinski definition) is 6. The molecule has 6 N–H and O–H groups in total. The van der Waals surface area contributed by atoms with Crippen LogP contribution in [0, 0.1) is 0 Å². The predicted molar refractivity (Wildman–Crippen MR) is 228 cm³/mol. The summed E-state index contributed by atoms with van der Waals surface area (Å²) in [7, 11) is 3.75. The van der Waals surface area contributed by atoms with Gasteiger partial charge in [0, 0.05) is 0 Å². The van der Waals surface area contributed by atoms with Gasteiger partial charge < -0.3 is 31.9 Å². The van der Waals surface area contributed by atoms with E-state index in [4.69, 9.17) is 0 Å². The third kappa shape index (κ3) is 104. The minimum atomic E-state index is 1.09. The number of unbranched alkanes of at least 4 members (excludes halogenated alkanes) is 12. The molecule has 0 amide bonds. The second-order valence-electron chi connectivity index (χ2n) is 12.7. The Labute approximate surface area is 308 Å². The van der Waals surface area contributed by atoms with E-state index in [0.717, 1.165) is 13.1 Å². The summed E-state index contributed by atoms with van der Waals surface area (Å²) < 4.78 is 0. The summed E-state index contributed by atoms with van der Waals surface area (Å²) in [5, 5.41) is 19.5. The van der Waals surface area contributed by atoms with Crippen LogP contribution in [-0.4, -0.2) is 79.5 Å². The van der Waals surface area contributed by atoms with Gasteiger partial charge in [0.15, 0.2) is 0 Å². The lowest BCUT2D eigenvalue weighted by Gasteiger charge is -2.03. The van der Waals surface area contributed by atoms with Gasteiger partial charge in [0.1, 0.15) is 0 Å². The summed E-state index contributed by atoms with van der Waals surface area (Å²) in [5.41, 5.74) is 0. The summed E-state index contributed by atoms with van der Waals surface area (Å²) >= 11 is 0. The van der Waals surface area contributed by atoms with Gasteiger partial charge in [-0.15, -0.1) is 0 Å². The molecule has 6 heteroatoms. The molecular weight excluding hydrogens is 589 g/mol. The van der Waals surface area contributed by atoms with Gasteiger partial charge in [-0.2, -0.15) is 0 Å². The van der Waals surface area contributed by atoms with Crippen molar-refractivity contribution in [3.05, 3.63) is 0 Å². The number of hydrogen-bond donors (Lipinski definition) is 6. The monoisotopic (exact) mass is 691 g/mol. The maximum Gasteiger partial charge on any atom is -0.00489 e. The quantitative estimate of drug-likeness (QED) is 0.0422. The molecule has 0 aliphatic rings. The highest BCUT2D eigenvalue weighted by Gasteiger charge is 1.90. The van der Waals surface area contributed by atoms with Crippen molar-refractivity contribution < 1.29 is 0 Å². The Balaban J connectivity index is -0.000000116. The summed E-state index contributed by atoms with van der Waals surface area (Å²) in [4.78, 5) is 0. The summed E-state index contributed by atoms with van der Waals surface area (Å²) in [6, 6.07) is 0. The third-order valence-corrected chi connectivity index (χ3v) is 7.10. The van der Waals surface area contributed by atoms with Crippen LogP contribution in [0.5, 0.6) is 0 Å². The van der Waals surface area contributed by atoms with Crippen LogP contribution in [0.3, 0.4) is 0 Å². The van der Waals surface area contributed by atoms with Gasteiger partial charge in [0.25, 0.3) is 0 Å². The Morgan fingerprint density at radius 2 is 0.458 bits per heavy atom. The average molecular weight is 691 g/mol. The average Bonchev–Trinajstić information content (AvgIpc) is 3.09. The second-order valence-corrected chi connectivity index (χ2v) is 12.7. The summed E-state index contributed by atoms with van der Waals surface area (Å²) in [6.45, 7) is 33.9. The van der Waals surface area contributed by atoms with E-state index in [-0.39, 0.29) is 0 Å². The fraction of sp³-hybridized carbons (Fsp3) is 1.00. The van der Waals surface area contributed by atoms with E-state index in [9.17, 15) is 0 Å². The maximum absolute atomic E-state index is 3.50. The lowest BCUT2D eigenvalue weighted by molar-refractivity contribution is 0.564. The zero-order chi connectivity index (χ0) is 37.5. The molecule has 0 rings (SSSR count). The van der Waals surface area contributed by atoms with Gasteiger partial charge in [-0.05, 0) is 131 Å². The topological polar surface area (TPSA) is 72.2 Å². The minimum absolute atomic E-state index is 1.09. The van der Waals surface area contributed by atoms with Crippen LogP contribution < -0.4 is 31.9 Å². The van der Waals surface area contributed by atoms with Crippen LogP contribution in [0.2, 0.25) is 0 Å². The molecule has 0 unspecified atom stereocenters. The molecule has 0 aromatic heterocycles. The lowest BCUT2D eigenvalue weighted by atomic mass is 10.2. The first-order valence-electron chi connectivity index (χ1n) is 21.6. The van der Waals surface area contributed by atoms with Crippen molar-refractivity contribution in [2.24, 2.45) is 0 Å². The molecule has 0 aliphatic heterocycles. The fourth-order valence-corrected chi connectivity index (χ4v) is 4.06. The van der Waals surface area contributed by atoms with Crippen molar-refractivity contribution >= 4 is 0 Å². The van der Waals surface area contributed by atoms with Crippen molar-refractivity contribution in [2.75, 3.05) is 79.5 Å². The highest BCUT2D eigenvalue weighted by molar-refractivity contribution is 4.50. The predicted octanol–water partition coefficient (Wildman–Crippen LogP) is 10.7. The zero-order valence-corrected chi connectivity index (χ0v) is 36.2. The Bertz CT molecular complexity index is 368. The zero-order valence-electron chi connectivity index (χ0n) is 36.2. The van der Waals surface area contributed by atoms with E-state index in [1.165, 1.54) is 181 Å². The van der Waals surface area contributed by atoms with Crippen molar-refractivity contribution in [3.8, 4) is 0 Å². The largest absolute Gasteiger partial charge is 0.323 e. The van der Waals surface area contributed by atoms with E-state index in [1.54, 1.807) is 0 Å². The van der Waals surface area contributed by atoms with Gasteiger partial charge in [-0.3, -0.25) is 0 Å². The molecular formula is C42H102N6. The Morgan fingerprint density at radius 3 is 0.688 bits per heavy atom. The molecule has 0 spiro atoms. The summed E-state index contributed by atoms with van der Waals surface area (Å²) in [5.74, 6) is 0. The first-order valence-corrected chi connectivity index (χ1v) is 21.6. The molecule has 300 valence electrons. The molecule has 0 bridgehead atoms. The van der Waals surface area contributed by atoms with Crippen molar-refractivity contribution in [1.29, 1.82) is 0 Å². The standard InChI is InChI=1S/C12H27N.C10H23N.C8H19N.C6H15N.C4H11N.C2H7N/c1-3-5-7-9-11-13-12-10-8-6-4-2;1-3-5-7-9-11-10-8-6-4-2;1-3-5-7-9-8-6-4-2;1-3-5-7-6-4-2;1-3-5-4-2;1-3-2/h13H,3-12H2,1-2H3;11H,3-10H2,1-2H3;9H,3-8H2,1-2H3;7H,3-6H2,1-2H3;5H,3-4H2,1-2H3;3H,1-2H3. The Morgan fingerprint density at radius 1 is 0.229 bits per heavy atom. The Hall–Kier alpha value is -0.240. The third-order valence-electron chi connectivity index (χ3n) is 7.10. The molecule has 0 aliphatic carbocycles. The first kappa shape index (κ1) is 59.9. The molecule has 0 saturated heterocycles. The fourth-order valence-electron chi connectivity index (χ4n) is 4.06. The Kier molecular flexibility index (Phi) is 95.5. The lowest BCUT2D eigenvalue weighted by Crippen LogP contribution is -2.16. The van der Waals surface area contributed by atoms with Gasteiger partial charge in [0.2, 0.25) is 0 Å². The first-order chi connectivity index (χ1) is 23.5. The van der Waals surface area contributed by atoms with Crippen molar-refractivity contribution in [3.63, 3.8) is 0 Å². The molecule has 48 heavy (non-hydrogen) atoms. The molecule has 6 nitrogen and oxygen atoms in total. The van der Waals surface area contributed by atoms with Gasteiger partial charge >= 0.3 is 0 Å². The van der Waals surface area contributed by atoms with Gasteiger partial charge in [0.05, 0.1) is 0 Å². The maximum atomic E-state index is 3.50. The van der Waals surface area contributed by atoms with Crippen LogP contribution in [0.25, 0.3) is 0 Å². The summed E-state index contributed by atoms with van der Waals surface area (Å²) in [6.07, 6.45) is 26.9. The van der Waals surface area contributed by atoms with Crippen LogP contribution >= 0.6 is 0 Å². The minimum Gasteiger partial charge on any atom is -0.323 e. The highest BCUT2D eigenvalue weighted by atomic mass is 14.9. The molecule has 0 radical (unpaired) electrons. The normalized spacial score (nSPS) is 9.75. The van der Waals surface area contributed by atoms with E-state index in [1.807, 2.05) is 14.1 Å². The van der Waals surface area contributed by atoms with Gasteiger partial charge in [-0.1, -0.05) is 146 Å². The van der Waals surface area contributed by atoms with Gasteiger partial charge in [-0.25, -0.2) is 0 Å². The molecule has 0 atom stereocenters. The SMILES string of the molecule is CCCCCCNCCCCCC.CCCCCNCCCCC.CCCCNCCCC.CCCNCCC.CCNCC.CNC. The molecule has 0 saturated carbocycles. The van der Waals surface area contributed by atoms with Crippen LogP contribution in [0.4, 0.5) is 0 Å².